The Kier molecular flexibility index (Phi) is 4.49. The van der Waals surface area contributed by atoms with Crippen LogP contribution < -0.4 is 4.72 Å². The van der Waals surface area contributed by atoms with Crippen molar-refractivity contribution in [3.05, 3.63) is 53.7 Å². The van der Waals surface area contributed by atoms with Gasteiger partial charge in [-0.3, -0.25) is 0 Å². The van der Waals surface area contributed by atoms with E-state index in [1.807, 2.05) is 5.38 Å². The van der Waals surface area contributed by atoms with Gasteiger partial charge in [0, 0.05) is 22.9 Å². The maximum Gasteiger partial charge on any atom is 0.373 e. The van der Waals surface area contributed by atoms with Gasteiger partial charge in [-0.05, 0) is 24.3 Å². The number of carbonyl (C=O) groups is 1. The summed E-state index contributed by atoms with van der Waals surface area (Å²) in [6.07, 6.45) is 2.77. The molecule has 3 rings (SSSR count). The highest BCUT2D eigenvalue weighted by Crippen LogP contribution is 2.28. The number of nitrogens with zero attached hydrogens (tertiary/aromatic N) is 3. The van der Waals surface area contributed by atoms with Gasteiger partial charge in [-0.25, -0.2) is 24.1 Å². The first-order valence-electron chi connectivity index (χ1n) is 6.31. The van der Waals surface area contributed by atoms with E-state index in [2.05, 4.69) is 19.7 Å². The lowest BCUT2D eigenvalue weighted by molar-refractivity contribution is 0.0683. The lowest BCUT2D eigenvalue weighted by Gasteiger charge is -2.02. The molecule has 0 atom stereocenters. The Morgan fingerprint density at radius 1 is 1.22 bits per heavy atom. The second-order valence-electron chi connectivity index (χ2n) is 4.30. The molecular weight excluding hydrogens is 339 g/mol. The van der Waals surface area contributed by atoms with E-state index >= 15 is 0 Å². The molecule has 2 aromatic heterocycles. The number of benzene rings is 1. The average Bonchev–Trinajstić information content (AvgIpc) is 3.03. The van der Waals surface area contributed by atoms with Crippen LogP contribution in [0.15, 0.2) is 47.1 Å². The Morgan fingerprint density at radius 2 is 1.91 bits per heavy atom. The maximum atomic E-state index is 12.9. The second-order valence-corrected chi connectivity index (χ2v) is 5.99. The molecule has 0 bridgehead atoms. The van der Waals surface area contributed by atoms with E-state index in [0.717, 1.165) is 15.6 Å². The van der Waals surface area contributed by atoms with Crippen molar-refractivity contribution in [1.29, 1.82) is 0 Å². The summed E-state index contributed by atoms with van der Waals surface area (Å²) in [5.41, 5.74) is 1.41. The zero-order chi connectivity index (χ0) is 16.2. The molecule has 116 valence electrons. The van der Waals surface area contributed by atoms with Crippen LogP contribution in [0.25, 0.3) is 10.6 Å². The molecule has 0 unspecified atom stereocenters. The van der Waals surface area contributed by atoms with Gasteiger partial charge in [0.05, 0.1) is 18.1 Å². The van der Waals surface area contributed by atoms with Gasteiger partial charge in [0.2, 0.25) is 5.82 Å². The fraction of sp³-hybridized carbons (Fsp3) is 0. The number of halogens is 1. The Balaban J connectivity index is 1.65. The molecule has 0 saturated heterocycles. The fourth-order valence-electron chi connectivity index (χ4n) is 1.63. The molecule has 0 saturated carbocycles. The molecule has 6 nitrogen and oxygen atoms in total. The van der Waals surface area contributed by atoms with Crippen molar-refractivity contribution in [1.82, 2.24) is 15.0 Å². The van der Waals surface area contributed by atoms with Crippen molar-refractivity contribution in [2.24, 2.45) is 0 Å². The zero-order valence-electron chi connectivity index (χ0n) is 11.4. The summed E-state index contributed by atoms with van der Waals surface area (Å²) in [4.78, 5) is 22.5. The molecule has 0 fully saturated rings. The molecule has 2 N–H and O–H groups in total. The van der Waals surface area contributed by atoms with Crippen molar-refractivity contribution >= 4 is 34.9 Å². The summed E-state index contributed by atoms with van der Waals surface area (Å²) in [7, 11) is 0. The van der Waals surface area contributed by atoms with Crippen molar-refractivity contribution in [2.45, 2.75) is 5.03 Å². The highest BCUT2D eigenvalue weighted by molar-refractivity contribution is 8.00. The normalized spacial score (nSPS) is 10.5. The van der Waals surface area contributed by atoms with Gasteiger partial charge in [0.25, 0.3) is 0 Å². The molecule has 2 heterocycles. The first kappa shape index (κ1) is 15.4. The van der Waals surface area contributed by atoms with Crippen LogP contribution in [-0.4, -0.2) is 26.0 Å². The molecule has 23 heavy (non-hydrogen) atoms. The fourth-order valence-corrected chi connectivity index (χ4v) is 3.18. The number of aromatic carboxylic acids is 1. The number of thiazole rings is 1. The molecule has 0 spiro atoms. The number of aromatic nitrogens is 3. The number of anilines is 1. The lowest BCUT2D eigenvalue weighted by Crippen LogP contribution is -2.03. The highest BCUT2D eigenvalue weighted by Gasteiger charge is 2.08. The molecule has 3 aromatic rings. The average molecular weight is 348 g/mol. The van der Waals surface area contributed by atoms with Gasteiger partial charge in [-0.2, -0.15) is 0 Å². The Hall–Kier alpha value is -2.52. The molecular formula is C14H9FN4O2S2. The molecule has 0 aliphatic carbocycles. The first-order valence-corrected chi connectivity index (χ1v) is 8.01. The monoisotopic (exact) mass is 348 g/mol. The number of carboxylic acids is 1. The molecule has 0 aliphatic rings. The molecule has 0 radical (unpaired) electrons. The summed E-state index contributed by atoms with van der Waals surface area (Å²) >= 11 is 2.70. The SMILES string of the molecule is O=C(O)c1ncc(NSc2csc(-c3ccc(F)cc3)n2)cn1. The van der Waals surface area contributed by atoms with E-state index in [-0.39, 0.29) is 11.6 Å². The first-order chi connectivity index (χ1) is 11.1. The van der Waals surface area contributed by atoms with Gasteiger partial charge in [-0.1, -0.05) is 0 Å². The maximum absolute atomic E-state index is 12.9. The van der Waals surface area contributed by atoms with Crippen LogP contribution in [0.2, 0.25) is 0 Å². The Labute approximate surface area is 138 Å². The predicted molar refractivity (Wildman–Crippen MR) is 86.0 cm³/mol. The van der Waals surface area contributed by atoms with Crippen molar-refractivity contribution in [2.75, 3.05) is 4.72 Å². The van der Waals surface area contributed by atoms with Gasteiger partial charge in [0.15, 0.2) is 0 Å². The number of rotatable bonds is 5. The third-order valence-corrected chi connectivity index (χ3v) is 4.49. The topological polar surface area (TPSA) is 88.0 Å². The quantitative estimate of drug-likeness (QED) is 0.682. The van der Waals surface area contributed by atoms with E-state index in [1.54, 1.807) is 12.1 Å². The van der Waals surface area contributed by atoms with E-state index in [0.29, 0.717) is 5.69 Å². The number of hydrogen-bond acceptors (Lipinski definition) is 7. The highest BCUT2D eigenvalue weighted by atomic mass is 32.2. The summed E-state index contributed by atoms with van der Waals surface area (Å²) in [5, 5.41) is 12.1. The van der Waals surface area contributed by atoms with E-state index in [4.69, 9.17) is 5.11 Å². The summed E-state index contributed by atoms with van der Waals surface area (Å²) < 4.78 is 15.9. The number of nitrogens with one attached hydrogen (secondary N) is 1. The van der Waals surface area contributed by atoms with Crippen LogP contribution in [0, 0.1) is 5.82 Å². The Morgan fingerprint density at radius 3 is 2.57 bits per heavy atom. The molecule has 9 heteroatoms. The number of hydrogen-bond donors (Lipinski definition) is 2. The number of carboxylic acid groups (broad SMARTS) is 1. The van der Waals surface area contributed by atoms with E-state index < -0.39 is 5.97 Å². The summed E-state index contributed by atoms with van der Waals surface area (Å²) in [6, 6.07) is 6.13. The van der Waals surface area contributed by atoms with Crippen LogP contribution in [-0.2, 0) is 0 Å². The zero-order valence-corrected chi connectivity index (χ0v) is 13.1. The molecule has 0 aliphatic heterocycles. The lowest BCUT2D eigenvalue weighted by atomic mass is 10.2. The van der Waals surface area contributed by atoms with Crippen molar-refractivity contribution in [3.63, 3.8) is 0 Å². The minimum Gasteiger partial charge on any atom is -0.475 e. The van der Waals surface area contributed by atoms with Crippen LogP contribution in [0.3, 0.4) is 0 Å². The van der Waals surface area contributed by atoms with Gasteiger partial charge >= 0.3 is 5.97 Å². The van der Waals surface area contributed by atoms with E-state index in [9.17, 15) is 9.18 Å². The minimum absolute atomic E-state index is 0.257. The third-order valence-electron chi connectivity index (χ3n) is 2.69. The minimum atomic E-state index is -1.17. The van der Waals surface area contributed by atoms with Crippen LogP contribution in [0.1, 0.15) is 10.6 Å². The second kappa shape index (κ2) is 6.71. The Bertz CT molecular complexity index is 822. The summed E-state index contributed by atoms with van der Waals surface area (Å²) in [6.45, 7) is 0. The van der Waals surface area contributed by atoms with E-state index in [1.165, 1.54) is 47.8 Å². The predicted octanol–water partition coefficient (Wildman–Crippen LogP) is 3.56. The van der Waals surface area contributed by atoms with Crippen molar-refractivity contribution in [3.8, 4) is 10.6 Å². The van der Waals surface area contributed by atoms with Gasteiger partial charge < -0.3 is 9.83 Å². The molecule has 0 amide bonds. The van der Waals surface area contributed by atoms with Crippen LogP contribution in [0.4, 0.5) is 10.1 Å². The standard InChI is InChI=1S/C14H9FN4O2S2/c15-9-3-1-8(2-4-9)13-18-11(7-22-13)23-19-10-5-16-12(14(20)21)17-6-10/h1-7,19H,(H,20,21). The van der Waals surface area contributed by atoms with Gasteiger partial charge in [-0.15, -0.1) is 11.3 Å². The summed E-state index contributed by atoms with van der Waals surface area (Å²) in [5.74, 6) is -1.72. The van der Waals surface area contributed by atoms with Crippen molar-refractivity contribution < 1.29 is 14.3 Å². The molecule has 1 aromatic carbocycles. The van der Waals surface area contributed by atoms with Gasteiger partial charge in [0.1, 0.15) is 15.9 Å². The largest absolute Gasteiger partial charge is 0.475 e. The van der Waals surface area contributed by atoms with Crippen LogP contribution in [0.5, 0.6) is 0 Å². The van der Waals surface area contributed by atoms with Crippen LogP contribution >= 0.6 is 23.3 Å². The smallest absolute Gasteiger partial charge is 0.373 e. The third kappa shape index (κ3) is 3.82.